The molecule has 0 fully saturated rings. The van der Waals surface area contributed by atoms with Crippen LogP contribution in [0.2, 0.25) is 15.1 Å². The molecular formula is C6H2Cl3I. The first-order chi connectivity index (χ1) is 4.61. The van der Waals surface area contributed by atoms with E-state index in [1.54, 1.807) is 12.1 Å². The SMILES string of the molecule is Clc1cc(I)cc(Cl)c1Cl. The van der Waals surface area contributed by atoms with Gasteiger partial charge in [-0.2, -0.15) is 0 Å². The lowest BCUT2D eigenvalue weighted by Gasteiger charge is -1.98. The van der Waals surface area contributed by atoms with Crippen molar-refractivity contribution in [3.8, 4) is 0 Å². The molecule has 0 aliphatic carbocycles. The van der Waals surface area contributed by atoms with E-state index < -0.39 is 0 Å². The van der Waals surface area contributed by atoms with E-state index in [-0.39, 0.29) is 0 Å². The lowest BCUT2D eigenvalue weighted by atomic mass is 10.4. The van der Waals surface area contributed by atoms with Crippen molar-refractivity contribution in [3.05, 3.63) is 30.8 Å². The van der Waals surface area contributed by atoms with Gasteiger partial charge in [-0.3, -0.25) is 0 Å². The molecule has 1 aromatic rings. The molecule has 0 aliphatic heterocycles. The van der Waals surface area contributed by atoms with Crippen molar-refractivity contribution in [3.63, 3.8) is 0 Å². The summed E-state index contributed by atoms with van der Waals surface area (Å²) in [7, 11) is 0. The maximum atomic E-state index is 5.70. The van der Waals surface area contributed by atoms with Crippen molar-refractivity contribution in [2.24, 2.45) is 0 Å². The molecule has 54 valence electrons. The predicted octanol–water partition coefficient (Wildman–Crippen LogP) is 4.25. The van der Waals surface area contributed by atoms with Gasteiger partial charge in [-0.1, -0.05) is 34.8 Å². The van der Waals surface area contributed by atoms with Crippen LogP contribution in [0.25, 0.3) is 0 Å². The zero-order valence-electron chi connectivity index (χ0n) is 4.67. The Morgan fingerprint density at radius 2 is 1.40 bits per heavy atom. The van der Waals surface area contributed by atoms with Gasteiger partial charge in [0.05, 0.1) is 15.1 Å². The first kappa shape index (κ1) is 8.91. The number of benzene rings is 1. The molecule has 0 unspecified atom stereocenters. The largest absolute Gasteiger partial charge is 0.0826 e. The Balaban J connectivity index is 3.31. The van der Waals surface area contributed by atoms with Gasteiger partial charge in [0.25, 0.3) is 0 Å². The third kappa shape index (κ3) is 1.91. The van der Waals surface area contributed by atoms with Gasteiger partial charge < -0.3 is 0 Å². The number of halogens is 4. The monoisotopic (exact) mass is 306 g/mol. The van der Waals surface area contributed by atoms with Gasteiger partial charge in [-0.25, -0.2) is 0 Å². The van der Waals surface area contributed by atoms with Crippen LogP contribution in [-0.2, 0) is 0 Å². The van der Waals surface area contributed by atoms with Crippen molar-refractivity contribution in [2.75, 3.05) is 0 Å². The molecule has 0 atom stereocenters. The quantitative estimate of drug-likeness (QED) is 0.382. The van der Waals surface area contributed by atoms with Crippen molar-refractivity contribution in [1.82, 2.24) is 0 Å². The summed E-state index contributed by atoms with van der Waals surface area (Å²) in [6.45, 7) is 0. The second-order valence-corrected chi connectivity index (χ2v) is 4.12. The van der Waals surface area contributed by atoms with Crippen LogP contribution in [0.1, 0.15) is 0 Å². The minimum atomic E-state index is 0.420. The lowest BCUT2D eigenvalue weighted by Crippen LogP contribution is -1.74. The van der Waals surface area contributed by atoms with Crippen LogP contribution in [0.15, 0.2) is 12.1 Å². The Labute approximate surface area is 87.6 Å². The summed E-state index contributed by atoms with van der Waals surface area (Å²) in [4.78, 5) is 0. The fourth-order valence-corrected chi connectivity index (χ4v) is 2.11. The summed E-state index contributed by atoms with van der Waals surface area (Å²) >= 11 is 19.2. The number of hydrogen-bond donors (Lipinski definition) is 0. The van der Waals surface area contributed by atoms with Gasteiger partial charge in [0.15, 0.2) is 0 Å². The van der Waals surface area contributed by atoms with Crippen molar-refractivity contribution in [2.45, 2.75) is 0 Å². The van der Waals surface area contributed by atoms with Crippen LogP contribution in [0.4, 0.5) is 0 Å². The van der Waals surface area contributed by atoms with E-state index in [9.17, 15) is 0 Å². The minimum Gasteiger partial charge on any atom is -0.0826 e. The van der Waals surface area contributed by atoms with Gasteiger partial charge in [-0.15, -0.1) is 0 Å². The average Bonchev–Trinajstić information content (AvgIpc) is 1.82. The van der Waals surface area contributed by atoms with Gasteiger partial charge >= 0.3 is 0 Å². The highest BCUT2D eigenvalue weighted by atomic mass is 127. The molecule has 0 radical (unpaired) electrons. The molecule has 0 saturated carbocycles. The average molecular weight is 307 g/mol. The van der Waals surface area contributed by atoms with E-state index in [1.165, 1.54) is 0 Å². The van der Waals surface area contributed by atoms with Crippen molar-refractivity contribution >= 4 is 57.4 Å². The molecule has 0 amide bonds. The van der Waals surface area contributed by atoms with Crippen LogP contribution in [-0.4, -0.2) is 0 Å². The first-order valence-electron chi connectivity index (χ1n) is 2.41. The van der Waals surface area contributed by atoms with Crippen LogP contribution in [0, 0.1) is 3.57 Å². The highest BCUT2D eigenvalue weighted by Crippen LogP contribution is 2.31. The summed E-state index contributed by atoms with van der Waals surface area (Å²) in [5.41, 5.74) is 0. The van der Waals surface area contributed by atoms with Crippen LogP contribution < -0.4 is 0 Å². The highest BCUT2D eigenvalue weighted by Gasteiger charge is 2.02. The third-order valence-electron chi connectivity index (χ3n) is 0.949. The Hall–Kier alpha value is 0.820. The molecule has 0 nitrogen and oxygen atoms in total. The Morgan fingerprint density at radius 3 is 1.80 bits per heavy atom. The number of hydrogen-bond acceptors (Lipinski definition) is 0. The molecule has 0 aliphatic rings. The van der Waals surface area contributed by atoms with Gasteiger partial charge in [0.1, 0.15) is 0 Å². The summed E-state index contributed by atoms with van der Waals surface area (Å²) in [5.74, 6) is 0. The topological polar surface area (TPSA) is 0 Å². The predicted molar refractivity (Wildman–Crippen MR) is 54.2 cm³/mol. The summed E-state index contributed by atoms with van der Waals surface area (Å²) in [6, 6.07) is 3.52. The standard InChI is InChI=1S/C6H2Cl3I/c7-4-1-3(10)2-5(8)6(4)9/h1-2H. The van der Waals surface area contributed by atoms with E-state index >= 15 is 0 Å². The van der Waals surface area contributed by atoms with Crippen molar-refractivity contribution < 1.29 is 0 Å². The molecule has 1 rings (SSSR count). The minimum absolute atomic E-state index is 0.420. The van der Waals surface area contributed by atoms with Gasteiger partial charge in [0.2, 0.25) is 0 Å². The second-order valence-electron chi connectivity index (χ2n) is 1.68. The van der Waals surface area contributed by atoms with Crippen LogP contribution in [0.5, 0.6) is 0 Å². The first-order valence-corrected chi connectivity index (χ1v) is 4.62. The molecule has 10 heavy (non-hydrogen) atoms. The zero-order valence-corrected chi connectivity index (χ0v) is 9.09. The summed E-state index contributed by atoms with van der Waals surface area (Å²) in [5, 5.41) is 1.42. The lowest BCUT2D eigenvalue weighted by molar-refractivity contribution is 1.64. The molecule has 0 spiro atoms. The van der Waals surface area contributed by atoms with Crippen LogP contribution in [0.3, 0.4) is 0 Å². The highest BCUT2D eigenvalue weighted by molar-refractivity contribution is 14.1. The van der Waals surface area contributed by atoms with E-state index in [0.29, 0.717) is 15.1 Å². The maximum Gasteiger partial charge on any atom is 0.0779 e. The molecule has 0 saturated heterocycles. The normalized spacial score (nSPS) is 10.0. The second kappa shape index (κ2) is 3.48. The van der Waals surface area contributed by atoms with Gasteiger partial charge in [-0.05, 0) is 34.7 Å². The molecule has 1 aromatic carbocycles. The molecule has 4 heteroatoms. The van der Waals surface area contributed by atoms with E-state index in [0.717, 1.165) is 3.57 Å². The third-order valence-corrected chi connectivity index (χ3v) is 2.77. The maximum absolute atomic E-state index is 5.70. The molecule has 0 heterocycles. The van der Waals surface area contributed by atoms with E-state index in [2.05, 4.69) is 22.6 Å². The summed E-state index contributed by atoms with van der Waals surface area (Å²) in [6.07, 6.45) is 0. The Morgan fingerprint density at radius 1 is 1.00 bits per heavy atom. The molecule has 0 bridgehead atoms. The van der Waals surface area contributed by atoms with E-state index in [1.807, 2.05) is 0 Å². The molecule has 0 N–H and O–H groups in total. The smallest absolute Gasteiger partial charge is 0.0779 e. The van der Waals surface area contributed by atoms with Crippen molar-refractivity contribution in [1.29, 1.82) is 0 Å². The number of rotatable bonds is 0. The Bertz CT molecular complexity index is 236. The van der Waals surface area contributed by atoms with Crippen LogP contribution >= 0.6 is 57.4 Å². The zero-order chi connectivity index (χ0) is 7.72. The Kier molecular flexibility index (Phi) is 3.10. The van der Waals surface area contributed by atoms with E-state index in [4.69, 9.17) is 34.8 Å². The fourth-order valence-electron chi connectivity index (χ4n) is 0.525. The fraction of sp³-hybridized carbons (Fsp3) is 0. The summed E-state index contributed by atoms with van der Waals surface area (Å²) < 4.78 is 0.983. The molecular weight excluding hydrogens is 305 g/mol. The van der Waals surface area contributed by atoms with Gasteiger partial charge in [0, 0.05) is 3.57 Å². The molecule has 0 aromatic heterocycles.